The molecule has 5 nitrogen and oxygen atoms in total. The predicted octanol–water partition coefficient (Wildman–Crippen LogP) is 0.949. The molecular weight excluding hydrogens is 258 g/mol. The van der Waals surface area contributed by atoms with Crippen LogP contribution in [0.3, 0.4) is 0 Å². The summed E-state index contributed by atoms with van der Waals surface area (Å²) >= 11 is 0. The molecule has 0 aliphatic carbocycles. The zero-order valence-corrected chi connectivity index (χ0v) is 11.4. The third kappa shape index (κ3) is 1.95. The van der Waals surface area contributed by atoms with Gasteiger partial charge in [0, 0.05) is 11.6 Å². The van der Waals surface area contributed by atoms with Gasteiger partial charge >= 0.3 is 0 Å². The molecule has 5 heteroatoms. The third-order valence-corrected chi connectivity index (χ3v) is 3.84. The van der Waals surface area contributed by atoms with Gasteiger partial charge in [-0.1, -0.05) is 17.7 Å². The van der Waals surface area contributed by atoms with Crippen LogP contribution in [0.25, 0.3) is 10.8 Å². The molecule has 0 radical (unpaired) electrons. The zero-order chi connectivity index (χ0) is 14.4. The van der Waals surface area contributed by atoms with Gasteiger partial charge in [-0.2, -0.15) is 0 Å². The van der Waals surface area contributed by atoms with Gasteiger partial charge in [-0.05, 0) is 31.4 Å². The summed E-state index contributed by atoms with van der Waals surface area (Å²) < 4.78 is 6.83. The van der Waals surface area contributed by atoms with E-state index < -0.39 is 24.5 Å². The average molecular weight is 275 g/mol. The molecule has 0 bridgehead atoms. The quantitative estimate of drug-likeness (QED) is 0.813. The van der Waals surface area contributed by atoms with Crippen LogP contribution in [0.15, 0.2) is 35.3 Å². The number of aliphatic hydroxyl groups excluding tert-OH is 2. The zero-order valence-electron chi connectivity index (χ0n) is 11.4. The lowest BCUT2D eigenvalue weighted by molar-refractivity contribution is -0.0339. The molecule has 1 saturated heterocycles. The van der Waals surface area contributed by atoms with E-state index in [1.54, 1.807) is 19.2 Å². The fourth-order valence-corrected chi connectivity index (χ4v) is 2.64. The van der Waals surface area contributed by atoms with Crippen molar-refractivity contribution in [1.82, 2.24) is 4.57 Å². The minimum absolute atomic E-state index is 0.229. The lowest BCUT2D eigenvalue weighted by Crippen LogP contribution is -2.34. The van der Waals surface area contributed by atoms with E-state index in [1.165, 1.54) is 4.57 Å². The minimum Gasteiger partial charge on any atom is -0.388 e. The maximum atomic E-state index is 12.5. The molecule has 3 rings (SSSR count). The number of aryl methyl sites for hydroxylation is 1. The second-order valence-electron chi connectivity index (χ2n) is 5.33. The van der Waals surface area contributed by atoms with Crippen molar-refractivity contribution in [2.45, 2.75) is 38.4 Å². The molecule has 2 aromatic rings. The van der Waals surface area contributed by atoms with Crippen LogP contribution in [0.1, 0.15) is 18.7 Å². The third-order valence-electron chi connectivity index (χ3n) is 3.84. The van der Waals surface area contributed by atoms with Crippen molar-refractivity contribution in [1.29, 1.82) is 0 Å². The summed E-state index contributed by atoms with van der Waals surface area (Å²) in [7, 11) is 0. The molecule has 106 valence electrons. The van der Waals surface area contributed by atoms with Crippen molar-refractivity contribution in [2.75, 3.05) is 0 Å². The van der Waals surface area contributed by atoms with Crippen molar-refractivity contribution in [3.8, 4) is 0 Å². The first-order chi connectivity index (χ1) is 9.49. The first-order valence-electron chi connectivity index (χ1n) is 6.62. The Morgan fingerprint density at radius 1 is 1.20 bits per heavy atom. The highest BCUT2D eigenvalue weighted by molar-refractivity contribution is 5.82. The van der Waals surface area contributed by atoms with Crippen LogP contribution in [-0.4, -0.2) is 33.1 Å². The maximum Gasteiger partial charge on any atom is 0.260 e. The number of ether oxygens (including phenoxy) is 1. The fourth-order valence-electron chi connectivity index (χ4n) is 2.64. The van der Waals surface area contributed by atoms with Crippen LogP contribution in [0, 0.1) is 6.92 Å². The molecule has 1 fully saturated rings. The Kier molecular flexibility index (Phi) is 3.12. The van der Waals surface area contributed by atoms with Crippen LogP contribution < -0.4 is 5.56 Å². The number of fused-ring (bicyclic) bond motifs is 1. The number of benzene rings is 1. The van der Waals surface area contributed by atoms with Crippen LogP contribution in [-0.2, 0) is 4.74 Å². The summed E-state index contributed by atoms with van der Waals surface area (Å²) in [5.74, 6) is 0. The number of aromatic nitrogens is 1. The Bertz CT molecular complexity index is 709. The van der Waals surface area contributed by atoms with Crippen LogP contribution >= 0.6 is 0 Å². The van der Waals surface area contributed by atoms with Gasteiger partial charge in [-0.3, -0.25) is 9.36 Å². The summed E-state index contributed by atoms with van der Waals surface area (Å²) in [4.78, 5) is 12.5. The lowest BCUT2D eigenvalue weighted by Gasteiger charge is -2.18. The summed E-state index contributed by atoms with van der Waals surface area (Å²) in [6.45, 7) is 3.64. The number of aliphatic hydroxyl groups is 2. The lowest BCUT2D eigenvalue weighted by atomic mass is 10.1. The van der Waals surface area contributed by atoms with E-state index in [1.807, 2.05) is 25.1 Å². The van der Waals surface area contributed by atoms with Crippen molar-refractivity contribution in [3.05, 3.63) is 46.4 Å². The van der Waals surface area contributed by atoms with Crippen molar-refractivity contribution in [2.24, 2.45) is 0 Å². The second kappa shape index (κ2) is 4.70. The van der Waals surface area contributed by atoms with Crippen LogP contribution in [0.4, 0.5) is 0 Å². The Labute approximate surface area is 116 Å². The molecule has 2 N–H and O–H groups in total. The summed E-state index contributed by atoms with van der Waals surface area (Å²) in [6.07, 6.45) is -1.84. The molecule has 1 aromatic heterocycles. The molecular formula is C15H17NO4. The molecule has 4 atom stereocenters. The SMILES string of the molecule is Cc1ccc2c(=O)n(C3OC(C)C(O)C3O)ccc2c1. The van der Waals surface area contributed by atoms with E-state index in [-0.39, 0.29) is 5.56 Å². The molecule has 4 unspecified atom stereocenters. The van der Waals surface area contributed by atoms with Crippen molar-refractivity contribution in [3.63, 3.8) is 0 Å². The Morgan fingerprint density at radius 3 is 2.60 bits per heavy atom. The molecule has 1 aliphatic heterocycles. The summed E-state index contributed by atoms with van der Waals surface area (Å²) in [5.41, 5.74) is 0.851. The normalized spacial score (nSPS) is 30.0. The van der Waals surface area contributed by atoms with Gasteiger partial charge in [0.1, 0.15) is 12.2 Å². The van der Waals surface area contributed by atoms with Gasteiger partial charge in [-0.25, -0.2) is 0 Å². The second-order valence-corrected chi connectivity index (χ2v) is 5.33. The molecule has 1 aliphatic rings. The number of rotatable bonds is 1. The largest absolute Gasteiger partial charge is 0.388 e. The first kappa shape index (κ1) is 13.3. The number of hydrogen-bond acceptors (Lipinski definition) is 4. The minimum atomic E-state index is -1.11. The van der Waals surface area contributed by atoms with Gasteiger partial charge in [0.05, 0.1) is 6.10 Å². The van der Waals surface area contributed by atoms with Crippen LogP contribution in [0.5, 0.6) is 0 Å². The molecule has 2 heterocycles. The first-order valence-corrected chi connectivity index (χ1v) is 6.62. The van der Waals surface area contributed by atoms with Gasteiger partial charge in [0.25, 0.3) is 5.56 Å². The van der Waals surface area contributed by atoms with Gasteiger partial charge in [0.2, 0.25) is 0 Å². The average Bonchev–Trinajstić information content (AvgIpc) is 2.67. The number of pyridine rings is 1. The van der Waals surface area contributed by atoms with Gasteiger partial charge in [-0.15, -0.1) is 0 Å². The van der Waals surface area contributed by atoms with E-state index in [2.05, 4.69) is 0 Å². The highest BCUT2D eigenvalue weighted by Crippen LogP contribution is 2.28. The highest BCUT2D eigenvalue weighted by Gasteiger charge is 2.41. The van der Waals surface area contributed by atoms with Crippen LogP contribution in [0.2, 0.25) is 0 Å². The standard InChI is InChI=1S/C15H17NO4/c1-8-3-4-11-10(7-8)5-6-16(14(11)19)15-13(18)12(17)9(2)20-15/h3-7,9,12-13,15,17-18H,1-2H3. The molecule has 0 amide bonds. The van der Waals surface area contributed by atoms with E-state index in [4.69, 9.17) is 4.74 Å². The Balaban J connectivity index is 2.12. The summed E-state index contributed by atoms with van der Waals surface area (Å²) in [5, 5.41) is 21.2. The molecule has 0 saturated carbocycles. The predicted molar refractivity (Wildman–Crippen MR) is 74.5 cm³/mol. The maximum absolute atomic E-state index is 12.5. The monoisotopic (exact) mass is 275 g/mol. The molecule has 0 spiro atoms. The van der Waals surface area contributed by atoms with Crippen molar-refractivity contribution < 1.29 is 14.9 Å². The number of nitrogens with zero attached hydrogens (tertiary/aromatic N) is 1. The molecule has 20 heavy (non-hydrogen) atoms. The Hall–Kier alpha value is -1.69. The van der Waals surface area contributed by atoms with E-state index in [0.717, 1.165) is 10.9 Å². The fraction of sp³-hybridized carbons (Fsp3) is 0.400. The topological polar surface area (TPSA) is 71.7 Å². The van der Waals surface area contributed by atoms with E-state index >= 15 is 0 Å². The van der Waals surface area contributed by atoms with Gasteiger partial charge < -0.3 is 14.9 Å². The van der Waals surface area contributed by atoms with E-state index in [9.17, 15) is 15.0 Å². The van der Waals surface area contributed by atoms with Gasteiger partial charge in [0.15, 0.2) is 6.23 Å². The smallest absolute Gasteiger partial charge is 0.260 e. The molecule has 1 aromatic carbocycles. The van der Waals surface area contributed by atoms with Crippen molar-refractivity contribution >= 4 is 10.8 Å². The van der Waals surface area contributed by atoms with E-state index in [0.29, 0.717) is 5.39 Å². The summed E-state index contributed by atoms with van der Waals surface area (Å²) in [6, 6.07) is 7.39. The highest BCUT2D eigenvalue weighted by atomic mass is 16.6. The Morgan fingerprint density at radius 2 is 1.95 bits per heavy atom. The number of hydrogen-bond donors (Lipinski definition) is 2.